The molecule has 0 fully saturated rings. The largest absolute Gasteiger partial charge is 0.278 e. The predicted octanol–water partition coefficient (Wildman–Crippen LogP) is 1.80. The highest BCUT2D eigenvalue weighted by Gasteiger charge is 2.13. The summed E-state index contributed by atoms with van der Waals surface area (Å²) in [5, 5.41) is -0.792. The summed E-state index contributed by atoms with van der Waals surface area (Å²) >= 11 is 5.28. The van der Waals surface area contributed by atoms with E-state index >= 15 is 0 Å². The van der Waals surface area contributed by atoms with E-state index in [0.717, 1.165) is 6.07 Å². The zero-order chi connectivity index (χ0) is 9.35. The SMILES string of the molecule is O=S(=O)(Cl)c1cc(Cl)c(F)cn1. The molecule has 0 aliphatic carbocycles. The number of pyridine rings is 1. The Balaban J connectivity index is 3.33. The molecule has 0 aromatic carbocycles. The molecule has 66 valence electrons. The highest BCUT2D eigenvalue weighted by Crippen LogP contribution is 2.19. The number of halogens is 3. The van der Waals surface area contributed by atoms with E-state index in [4.69, 9.17) is 22.3 Å². The Hall–Kier alpha value is -0.390. The van der Waals surface area contributed by atoms with Crippen LogP contribution in [0, 0.1) is 5.82 Å². The normalized spacial score (nSPS) is 11.6. The van der Waals surface area contributed by atoms with E-state index in [1.807, 2.05) is 0 Å². The topological polar surface area (TPSA) is 47.0 Å². The molecule has 0 aliphatic rings. The molecule has 0 bridgehead atoms. The lowest BCUT2D eigenvalue weighted by Gasteiger charge is -1.95. The summed E-state index contributed by atoms with van der Waals surface area (Å²) in [5.41, 5.74) is 0. The first-order valence-corrected chi connectivity index (χ1v) is 5.35. The smallest absolute Gasteiger partial charge is 0.240 e. The zero-order valence-corrected chi connectivity index (χ0v) is 7.79. The molecule has 0 saturated carbocycles. The monoisotopic (exact) mass is 229 g/mol. The van der Waals surface area contributed by atoms with Gasteiger partial charge in [-0.2, -0.15) is 0 Å². The van der Waals surface area contributed by atoms with Crippen molar-refractivity contribution >= 4 is 31.3 Å². The Kier molecular flexibility index (Phi) is 2.55. The van der Waals surface area contributed by atoms with Gasteiger partial charge in [0.25, 0.3) is 9.05 Å². The molecule has 1 aromatic heterocycles. The van der Waals surface area contributed by atoms with Crippen molar-refractivity contribution in [3.8, 4) is 0 Å². The minimum Gasteiger partial charge on any atom is -0.240 e. The second-order valence-corrected chi connectivity index (χ2v) is 4.79. The van der Waals surface area contributed by atoms with E-state index in [2.05, 4.69) is 4.98 Å². The van der Waals surface area contributed by atoms with E-state index in [9.17, 15) is 12.8 Å². The number of hydrogen-bond donors (Lipinski definition) is 0. The molecule has 1 rings (SSSR count). The third-order valence-corrected chi connectivity index (χ3v) is 2.52. The van der Waals surface area contributed by atoms with Crippen molar-refractivity contribution in [2.75, 3.05) is 0 Å². The molecule has 0 saturated heterocycles. The first kappa shape index (κ1) is 9.70. The van der Waals surface area contributed by atoms with Gasteiger partial charge in [0.1, 0.15) is 0 Å². The van der Waals surface area contributed by atoms with Crippen LogP contribution in [0.4, 0.5) is 4.39 Å². The molecule has 3 nitrogen and oxygen atoms in total. The maximum absolute atomic E-state index is 12.5. The minimum absolute atomic E-state index is 0.329. The third kappa shape index (κ3) is 2.06. The summed E-state index contributed by atoms with van der Waals surface area (Å²) in [6.45, 7) is 0. The number of nitrogens with zero attached hydrogens (tertiary/aromatic N) is 1. The number of aromatic nitrogens is 1. The average Bonchev–Trinajstić information content (AvgIpc) is 1.92. The molecule has 1 aromatic rings. The van der Waals surface area contributed by atoms with Crippen LogP contribution in [0.5, 0.6) is 0 Å². The van der Waals surface area contributed by atoms with Crippen LogP contribution in [-0.2, 0) is 9.05 Å². The summed E-state index contributed by atoms with van der Waals surface area (Å²) in [6.07, 6.45) is 0.692. The first-order chi connectivity index (χ1) is 5.41. The first-order valence-electron chi connectivity index (χ1n) is 2.67. The molecule has 7 heteroatoms. The summed E-state index contributed by atoms with van der Waals surface area (Å²) < 4.78 is 33.7. The molecule has 0 amide bonds. The third-order valence-electron chi connectivity index (χ3n) is 1.03. The van der Waals surface area contributed by atoms with Crippen molar-refractivity contribution in [3.05, 3.63) is 23.1 Å². The van der Waals surface area contributed by atoms with Crippen LogP contribution >= 0.6 is 22.3 Å². The molecule has 0 unspecified atom stereocenters. The molecular formula is C5H2Cl2FNO2S. The molecule has 1 heterocycles. The second kappa shape index (κ2) is 3.16. The van der Waals surface area contributed by atoms with Gasteiger partial charge >= 0.3 is 0 Å². The fraction of sp³-hybridized carbons (Fsp3) is 0. The van der Waals surface area contributed by atoms with Crippen LogP contribution in [0.3, 0.4) is 0 Å². The van der Waals surface area contributed by atoms with Gasteiger partial charge < -0.3 is 0 Å². The van der Waals surface area contributed by atoms with E-state index in [-0.39, 0.29) is 5.02 Å². The lowest BCUT2D eigenvalue weighted by Crippen LogP contribution is -1.95. The van der Waals surface area contributed by atoms with Crippen LogP contribution in [0.1, 0.15) is 0 Å². The Bertz CT molecular complexity index is 406. The van der Waals surface area contributed by atoms with Crippen molar-refractivity contribution in [2.45, 2.75) is 5.03 Å². The van der Waals surface area contributed by atoms with Crippen LogP contribution in [0.25, 0.3) is 0 Å². The fourth-order valence-electron chi connectivity index (χ4n) is 0.530. The van der Waals surface area contributed by atoms with Crippen LogP contribution in [-0.4, -0.2) is 13.4 Å². The number of hydrogen-bond acceptors (Lipinski definition) is 3. The molecule has 0 N–H and O–H groups in total. The van der Waals surface area contributed by atoms with Gasteiger partial charge in [0, 0.05) is 10.7 Å². The van der Waals surface area contributed by atoms with Crippen molar-refractivity contribution < 1.29 is 12.8 Å². The van der Waals surface area contributed by atoms with Crippen LogP contribution in [0.15, 0.2) is 17.3 Å². The van der Waals surface area contributed by atoms with Crippen molar-refractivity contribution in [2.24, 2.45) is 0 Å². The van der Waals surface area contributed by atoms with Gasteiger partial charge in [0.15, 0.2) is 10.8 Å². The van der Waals surface area contributed by atoms with Crippen LogP contribution in [0.2, 0.25) is 5.02 Å². The molecular weight excluding hydrogens is 228 g/mol. The quantitative estimate of drug-likeness (QED) is 0.691. The van der Waals surface area contributed by atoms with Gasteiger partial charge in [-0.05, 0) is 6.07 Å². The highest BCUT2D eigenvalue weighted by molar-refractivity contribution is 8.13. The predicted molar refractivity (Wildman–Crippen MR) is 42.2 cm³/mol. The van der Waals surface area contributed by atoms with Gasteiger partial charge in [-0.25, -0.2) is 17.8 Å². The summed E-state index contributed by atoms with van der Waals surface area (Å²) in [5.74, 6) is -0.791. The maximum Gasteiger partial charge on any atom is 0.278 e. The van der Waals surface area contributed by atoms with Gasteiger partial charge in [-0.15, -0.1) is 0 Å². The zero-order valence-electron chi connectivity index (χ0n) is 5.46. The molecule has 0 spiro atoms. The molecule has 12 heavy (non-hydrogen) atoms. The Morgan fingerprint density at radius 2 is 2.08 bits per heavy atom. The van der Waals surface area contributed by atoms with E-state index in [0.29, 0.717) is 6.20 Å². The Labute approximate surface area is 77.6 Å². The average molecular weight is 230 g/mol. The van der Waals surface area contributed by atoms with Crippen molar-refractivity contribution in [1.29, 1.82) is 0 Å². The van der Waals surface area contributed by atoms with Gasteiger partial charge in [0.2, 0.25) is 0 Å². The molecule has 0 atom stereocenters. The molecule has 0 radical (unpaired) electrons. The number of rotatable bonds is 1. The lowest BCUT2D eigenvalue weighted by atomic mass is 10.5. The second-order valence-electron chi connectivity index (χ2n) is 1.87. The van der Waals surface area contributed by atoms with Gasteiger partial charge in [-0.1, -0.05) is 11.6 Å². The van der Waals surface area contributed by atoms with Crippen LogP contribution < -0.4 is 0 Å². The highest BCUT2D eigenvalue weighted by atomic mass is 35.7. The van der Waals surface area contributed by atoms with Gasteiger partial charge in [-0.3, -0.25) is 0 Å². The Morgan fingerprint density at radius 3 is 2.50 bits per heavy atom. The van der Waals surface area contributed by atoms with E-state index in [1.165, 1.54) is 0 Å². The Morgan fingerprint density at radius 1 is 1.50 bits per heavy atom. The van der Waals surface area contributed by atoms with Crippen molar-refractivity contribution in [1.82, 2.24) is 4.98 Å². The van der Waals surface area contributed by atoms with Gasteiger partial charge in [0.05, 0.1) is 11.2 Å². The minimum atomic E-state index is -3.93. The maximum atomic E-state index is 12.5. The summed E-state index contributed by atoms with van der Waals surface area (Å²) in [6, 6.07) is 0.846. The van der Waals surface area contributed by atoms with E-state index < -0.39 is 19.9 Å². The standard InChI is InChI=1S/C5H2Cl2FNO2S/c6-3-1-5(12(7,10)11)9-2-4(3)8/h1-2H. The lowest BCUT2D eigenvalue weighted by molar-refractivity contribution is 0.599. The molecule has 0 aliphatic heterocycles. The summed E-state index contributed by atoms with van der Waals surface area (Å²) in [7, 11) is 0.979. The summed E-state index contributed by atoms with van der Waals surface area (Å²) in [4.78, 5) is 3.23. The van der Waals surface area contributed by atoms with Crippen molar-refractivity contribution in [3.63, 3.8) is 0 Å². The van der Waals surface area contributed by atoms with E-state index in [1.54, 1.807) is 0 Å². The fourth-order valence-corrected chi connectivity index (χ4v) is 1.44.